The van der Waals surface area contributed by atoms with Crippen LogP contribution in [0.4, 0.5) is 0 Å². The van der Waals surface area contributed by atoms with Gasteiger partial charge in [-0.2, -0.15) is 0 Å². The monoisotopic (exact) mass is 450 g/mol. The predicted octanol–water partition coefficient (Wildman–Crippen LogP) is 2.74. The Kier molecular flexibility index (Phi) is 5.19. The molecule has 7 nitrogen and oxygen atoms in total. The maximum absolute atomic E-state index is 12.1. The first-order chi connectivity index (χ1) is 15.5. The van der Waals surface area contributed by atoms with E-state index in [0.717, 1.165) is 27.8 Å². The molecular formula is C24H22N2O5S. The zero-order valence-corrected chi connectivity index (χ0v) is 18.1. The minimum atomic E-state index is -1.55. The highest BCUT2D eigenvalue weighted by molar-refractivity contribution is 7.84. The van der Waals surface area contributed by atoms with Crippen molar-refractivity contribution in [3.05, 3.63) is 77.0 Å². The number of ether oxygens (including phenoxy) is 1. The van der Waals surface area contributed by atoms with Gasteiger partial charge >= 0.3 is 0 Å². The number of nitrogens with one attached hydrogen (secondary N) is 1. The molecule has 0 saturated carbocycles. The van der Waals surface area contributed by atoms with Gasteiger partial charge in [-0.15, -0.1) is 0 Å². The second-order valence-corrected chi connectivity index (χ2v) is 9.41. The molecular weight excluding hydrogens is 428 g/mol. The number of methoxy groups -OCH3 is 1. The third kappa shape index (κ3) is 3.45. The molecule has 1 saturated heterocycles. The molecule has 1 aliphatic heterocycles. The van der Waals surface area contributed by atoms with E-state index < -0.39 is 22.3 Å². The lowest BCUT2D eigenvalue weighted by Crippen LogP contribution is -2.15. The molecule has 3 aromatic rings. The summed E-state index contributed by atoms with van der Waals surface area (Å²) in [6.45, 7) is 0. The number of rotatable bonds is 4. The molecule has 32 heavy (non-hydrogen) atoms. The highest BCUT2D eigenvalue weighted by Gasteiger charge is 2.36. The number of nitrogens with zero attached hydrogens (tertiary/aromatic N) is 1. The van der Waals surface area contributed by atoms with Crippen molar-refractivity contribution in [3.8, 4) is 22.8 Å². The molecule has 3 unspecified atom stereocenters. The van der Waals surface area contributed by atoms with Crippen molar-refractivity contribution in [3.63, 3.8) is 0 Å². The summed E-state index contributed by atoms with van der Waals surface area (Å²) in [7, 11) is 0.0177. The number of aromatic hydroxyl groups is 1. The van der Waals surface area contributed by atoms with Gasteiger partial charge in [-0.1, -0.05) is 30.3 Å². The summed E-state index contributed by atoms with van der Waals surface area (Å²) in [6, 6.07) is 14.9. The van der Waals surface area contributed by atoms with Gasteiger partial charge in [0.05, 0.1) is 18.5 Å². The summed E-state index contributed by atoms with van der Waals surface area (Å²) >= 11 is 0. The number of hydrogen-bond acceptors (Lipinski definition) is 6. The Morgan fingerprint density at radius 1 is 1.12 bits per heavy atom. The number of amides is 1. The molecule has 1 fully saturated rings. The average Bonchev–Trinajstić information content (AvgIpc) is 3.30. The van der Waals surface area contributed by atoms with E-state index in [0.29, 0.717) is 17.9 Å². The number of phenols is 1. The van der Waals surface area contributed by atoms with E-state index >= 15 is 0 Å². The van der Waals surface area contributed by atoms with Crippen LogP contribution >= 0.6 is 0 Å². The van der Waals surface area contributed by atoms with Crippen molar-refractivity contribution in [1.82, 2.24) is 9.71 Å². The van der Waals surface area contributed by atoms with E-state index in [9.17, 15) is 19.2 Å². The molecule has 164 valence electrons. The summed E-state index contributed by atoms with van der Waals surface area (Å²) in [5.74, 6) is -0.0779. The van der Waals surface area contributed by atoms with Crippen LogP contribution in [0.1, 0.15) is 39.8 Å². The Bertz CT molecular complexity index is 1230. The molecule has 2 aromatic carbocycles. The van der Waals surface area contributed by atoms with Crippen molar-refractivity contribution < 1.29 is 24.0 Å². The summed E-state index contributed by atoms with van der Waals surface area (Å²) in [5.41, 5.74) is 5.23. The summed E-state index contributed by atoms with van der Waals surface area (Å²) in [5, 5.41) is 21.0. The van der Waals surface area contributed by atoms with Gasteiger partial charge in [-0.25, -0.2) is 9.19 Å². The van der Waals surface area contributed by atoms with Crippen LogP contribution in [-0.2, 0) is 22.2 Å². The SMILES string of the molecule is COc1ccc(-c2cccc3c2C[C@@H](O)C3c2ccc(C3CC(=O)NS3=O)c(O)c2)cn1. The van der Waals surface area contributed by atoms with Gasteiger partial charge in [0, 0.05) is 42.1 Å². The summed E-state index contributed by atoms with van der Waals surface area (Å²) in [4.78, 5) is 15.9. The molecule has 2 heterocycles. The lowest BCUT2D eigenvalue weighted by atomic mass is 9.89. The van der Waals surface area contributed by atoms with Gasteiger partial charge in [-0.05, 0) is 34.4 Å². The first-order valence-electron chi connectivity index (χ1n) is 10.3. The number of aromatic nitrogens is 1. The molecule has 0 bridgehead atoms. The highest BCUT2D eigenvalue weighted by Crippen LogP contribution is 2.44. The Hall–Kier alpha value is -3.23. The fourth-order valence-corrected chi connectivity index (χ4v) is 5.89. The fourth-order valence-electron chi connectivity index (χ4n) is 4.71. The van der Waals surface area contributed by atoms with Gasteiger partial charge in [-0.3, -0.25) is 9.52 Å². The molecule has 0 radical (unpaired) electrons. The third-order valence-electron chi connectivity index (χ3n) is 6.21. The van der Waals surface area contributed by atoms with Gasteiger partial charge in [0.2, 0.25) is 11.8 Å². The van der Waals surface area contributed by atoms with Crippen LogP contribution in [0.3, 0.4) is 0 Å². The van der Waals surface area contributed by atoms with Crippen molar-refractivity contribution in [2.75, 3.05) is 7.11 Å². The maximum Gasteiger partial charge on any atom is 0.233 e. The lowest BCUT2D eigenvalue weighted by Gasteiger charge is -2.19. The number of hydrogen-bond donors (Lipinski definition) is 3. The summed E-state index contributed by atoms with van der Waals surface area (Å²) in [6.07, 6.45) is 1.67. The fraction of sp³-hybridized carbons (Fsp3) is 0.250. The molecule has 2 aliphatic rings. The van der Waals surface area contributed by atoms with Gasteiger partial charge in [0.1, 0.15) is 16.7 Å². The largest absolute Gasteiger partial charge is 0.508 e. The highest BCUT2D eigenvalue weighted by atomic mass is 32.2. The van der Waals surface area contributed by atoms with Crippen LogP contribution in [0.2, 0.25) is 0 Å². The Labute approximate surface area is 187 Å². The quantitative estimate of drug-likeness (QED) is 0.564. The van der Waals surface area contributed by atoms with Crippen LogP contribution in [-0.4, -0.2) is 38.5 Å². The smallest absolute Gasteiger partial charge is 0.233 e. The number of aliphatic hydroxyl groups is 1. The Morgan fingerprint density at radius 2 is 1.97 bits per heavy atom. The van der Waals surface area contributed by atoms with E-state index in [2.05, 4.69) is 9.71 Å². The number of aliphatic hydroxyl groups excluding tert-OH is 1. The molecule has 0 spiro atoms. The minimum Gasteiger partial charge on any atom is -0.508 e. The van der Waals surface area contributed by atoms with E-state index in [1.165, 1.54) is 0 Å². The molecule has 1 amide bonds. The molecule has 1 aromatic heterocycles. The first kappa shape index (κ1) is 20.7. The molecule has 4 atom stereocenters. The van der Waals surface area contributed by atoms with Crippen molar-refractivity contribution in [1.29, 1.82) is 0 Å². The van der Waals surface area contributed by atoms with Crippen LogP contribution in [0.5, 0.6) is 11.6 Å². The van der Waals surface area contributed by atoms with Crippen LogP contribution < -0.4 is 9.46 Å². The van der Waals surface area contributed by atoms with Crippen LogP contribution in [0, 0.1) is 0 Å². The van der Waals surface area contributed by atoms with E-state index in [1.54, 1.807) is 31.5 Å². The maximum atomic E-state index is 12.1. The Balaban J connectivity index is 1.51. The second kappa shape index (κ2) is 8.03. The second-order valence-electron chi connectivity index (χ2n) is 8.05. The number of fused-ring (bicyclic) bond motifs is 1. The minimum absolute atomic E-state index is 0.0199. The van der Waals surface area contributed by atoms with Crippen LogP contribution in [0.15, 0.2) is 54.7 Å². The lowest BCUT2D eigenvalue weighted by molar-refractivity contribution is -0.118. The van der Waals surface area contributed by atoms with E-state index in [1.807, 2.05) is 30.3 Å². The van der Waals surface area contributed by atoms with Crippen LogP contribution in [0.25, 0.3) is 11.1 Å². The normalized spacial score (nSPS) is 24.2. The molecule has 8 heteroatoms. The summed E-state index contributed by atoms with van der Waals surface area (Å²) < 4.78 is 19.6. The number of carbonyl (C=O) groups is 1. The van der Waals surface area contributed by atoms with Gasteiger partial charge in [0.25, 0.3) is 0 Å². The van der Waals surface area contributed by atoms with E-state index in [4.69, 9.17) is 4.74 Å². The number of benzene rings is 2. The molecule has 3 N–H and O–H groups in total. The van der Waals surface area contributed by atoms with Gasteiger partial charge in [0.15, 0.2) is 0 Å². The van der Waals surface area contributed by atoms with Crippen molar-refractivity contribution in [2.24, 2.45) is 0 Å². The average molecular weight is 451 g/mol. The first-order valence-corrected chi connectivity index (χ1v) is 11.5. The van der Waals surface area contributed by atoms with Crippen molar-refractivity contribution >= 4 is 16.9 Å². The standard InChI is InChI=1S/C24H22N2O5S/c1-31-23-8-6-14(12-25-23)15-3-2-4-16-18(15)10-20(28)24(16)13-5-7-17(19(27)9-13)21-11-22(29)26-32(21)30/h2-9,12,20-21,24,27-28H,10-11H2,1H3,(H,26,29)/t20-,21?,24?,32?/m1/s1. The number of pyridine rings is 1. The van der Waals surface area contributed by atoms with E-state index in [-0.39, 0.29) is 24.0 Å². The zero-order chi connectivity index (χ0) is 22.4. The van der Waals surface area contributed by atoms with Crippen molar-refractivity contribution in [2.45, 2.75) is 30.1 Å². The molecule has 1 aliphatic carbocycles. The molecule has 5 rings (SSSR count). The topological polar surface area (TPSA) is 109 Å². The predicted molar refractivity (Wildman–Crippen MR) is 120 cm³/mol. The van der Waals surface area contributed by atoms with Gasteiger partial charge < -0.3 is 14.9 Å². The number of phenolic OH excluding ortho intramolecular Hbond substituents is 1. The zero-order valence-electron chi connectivity index (χ0n) is 17.3. The number of carbonyl (C=O) groups excluding carboxylic acids is 1. The Morgan fingerprint density at radius 3 is 2.62 bits per heavy atom. The third-order valence-corrected chi connectivity index (χ3v) is 7.57.